The van der Waals surface area contributed by atoms with Crippen LogP contribution in [0.2, 0.25) is 0 Å². The second kappa shape index (κ2) is 3.87. The SMILES string of the molecule is Cl.Cl.O=S1(=O)C=CC=N1. The molecule has 0 saturated carbocycles. The summed E-state index contributed by atoms with van der Waals surface area (Å²) in [6.07, 6.45) is 2.63. The molecule has 0 saturated heterocycles. The van der Waals surface area contributed by atoms with Gasteiger partial charge in [0, 0.05) is 6.21 Å². The molecule has 1 heterocycles. The van der Waals surface area contributed by atoms with E-state index < -0.39 is 10.0 Å². The van der Waals surface area contributed by atoms with Crippen molar-refractivity contribution in [2.24, 2.45) is 4.40 Å². The Labute approximate surface area is 65.7 Å². The normalized spacial score (nSPS) is 18.2. The van der Waals surface area contributed by atoms with Crippen LogP contribution in [0.1, 0.15) is 0 Å². The highest BCUT2D eigenvalue weighted by Gasteiger charge is 2.01. The minimum atomic E-state index is -3.16. The Morgan fingerprint density at radius 2 is 1.78 bits per heavy atom. The van der Waals surface area contributed by atoms with Crippen molar-refractivity contribution < 1.29 is 8.42 Å². The molecular weight excluding hydrogens is 185 g/mol. The lowest BCUT2D eigenvalue weighted by atomic mass is 10.7. The molecule has 0 fully saturated rings. The van der Waals surface area contributed by atoms with Crippen LogP contribution in [0, 0.1) is 0 Å². The number of sulfonamides is 1. The van der Waals surface area contributed by atoms with E-state index in [0.717, 1.165) is 5.41 Å². The zero-order valence-electron chi connectivity index (χ0n) is 4.22. The maximum Gasteiger partial charge on any atom is 0.275 e. The summed E-state index contributed by atoms with van der Waals surface area (Å²) in [5.41, 5.74) is 0. The van der Waals surface area contributed by atoms with Crippen LogP contribution in [0.4, 0.5) is 0 Å². The first-order valence-corrected chi connectivity index (χ1v) is 3.18. The van der Waals surface area contributed by atoms with Crippen LogP contribution in [0.25, 0.3) is 0 Å². The zero-order chi connectivity index (χ0) is 5.33. The van der Waals surface area contributed by atoms with Crippen molar-refractivity contribution in [2.75, 3.05) is 0 Å². The van der Waals surface area contributed by atoms with E-state index in [1.807, 2.05) is 0 Å². The molecule has 0 aromatic carbocycles. The maximum absolute atomic E-state index is 10.1. The first-order valence-electron chi connectivity index (χ1n) is 1.68. The smallest absolute Gasteiger partial charge is 0.200 e. The molecular formula is C3H5Cl2NO2S. The van der Waals surface area contributed by atoms with E-state index in [2.05, 4.69) is 4.40 Å². The summed E-state index contributed by atoms with van der Waals surface area (Å²) in [6, 6.07) is 0. The number of halogens is 2. The highest BCUT2D eigenvalue weighted by atomic mass is 35.5. The maximum atomic E-state index is 10.1. The molecule has 1 aliphatic rings. The van der Waals surface area contributed by atoms with Gasteiger partial charge in [-0.15, -0.1) is 24.8 Å². The standard InChI is InChI=1S/C3H3NO2S.2ClH/c5-7(6)3-1-2-4-7;;/h1-3H;2*1H. The van der Waals surface area contributed by atoms with E-state index in [9.17, 15) is 8.42 Å². The van der Waals surface area contributed by atoms with Gasteiger partial charge in [0.2, 0.25) is 0 Å². The molecule has 0 unspecified atom stereocenters. The van der Waals surface area contributed by atoms with Crippen LogP contribution in [-0.2, 0) is 10.0 Å². The van der Waals surface area contributed by atoms with E-state index in [0.29, 0.717) is 0 Å². The third-order valence-corrected chi connectivity index (χ3v) is 1.46. The van der Waals surface area contributed by atoms with Gasteiger partial charge < -0.3 is 0 Å². The molecule has 9 heavy (non-hydrogen) atoms. The number of allylic oxidation sites excluding steroid dienone is 1. The molecule has 54 valence electrons. The molecule has 6 heteroatoms. The molecule has 0 spiro atoms. The molecule has 0 aromatic rings. The average Bonchev–Trinajstić information content (AvgIpc) is 1.84. The van der Waals surface area contributed by atoms with E-state index in [4.69, 9.17) is 0 Å². The summed E-state index contributed by atoms with van der Waals surface area (Å²) in [5.74, 6) is 0. The lowest BCUT2D eigenvalue weighted by molar-refractivity contribution is 0.607. The fourth-order valence-corrected chi connectivity index (χ4v) is 0.869. The fourth-order valence-electron chi connectivity index (χ4n) is 0.290. The summed E-state index contributed by atoms with van der Waals surface area (Å²) in [5, 5.41) is 1.05. The van der Waals surface area contributed by atoms with Gasteiger partial charge in [-0.1, -0.05) is 0 Å². The number of hydrogen-bond donors (Lipinski definition) is 0. The van der Waals surface area contributed by atoms with Gasteiger partial charge in [-0.3, -0.25) is 0 Å². The molecule has 1 rings (SSSR count). The molecule has 0 amide bonds. The van der Waals surface area contributed by atoms with Crippen LogP contribution >= 0.6 is 24.8 Å². The number of nitrogens with zero attached hydrogens (tertiary/aromatic N) is 1. The highest BCUT2D eigenvalue weighted by molar-refractivity contribution is 7.93. The van der Waals surface area contributed by atoms with Crippen LogP contribution < -0.4 is 0 Å². The summed E-state index contributed by atoms with van der Waals surface area (Å²) >= 11 is 0. The van der Waals surface area contributed by atoms with Crippen molar-refractivity contribution in [3.05, 3.63) is 11.5 Å². The Bertz CT molecular complexity index is 200. The van der Waals surface area contributed by atoms with Crippen molar-refractivity contribution in [1.82, 2.24) is 0 Å². The van der Waals surface area contributed by atoms with Gasteiger partial charge in [-0.2, -0.15) is 12.8 Å². The molecule has 0 radical (unpaired) electrons. The van der Waals surface area contributed by atoms with Crippen LogP contribution in [-0.4, -0.2) is 14.6 Å². The lowest BCUT2D eigenvalue weighted by Gasteiger charge is -1.73. The van der Waals surface area contributed by atoms with Crippen molar-refractivity contribution >= 4 is 41.1 Å². The Balaban J connectivity index is 0. The summed E-state index contributed by atoms with van der Waals surface area (Å²) in [7, 11) is -3.16. The van der Waals surface area contributed by atoms with Crippen molar-refractivity contribution in [3.8, 4) is 0 Å². The number of hydrogen-bond acceptors (Lipinski definition) is 2. The molecule has 0 N–H and O–H groups in total. The fraction of sp³-hybridized carbons (Fsp3) is 0. The quantitative estimate of drug-likeness (QED) is 0.566. The molecule has 1 aliphatic heterocycles. The average molecular weight is 190 g/mol. The van der Waals surface area contributed by atoms with Crippen LogP contribution in [0.5, 0.6) is 0 Å². The Kier molecular flexibility index (Phi) is 5.03. The highest BCUT2D eigenvalue weighted by Crippen LogP contribution is 1.97. The predicted molar refractivity (Wildman–Crippen MR) is 41.0 cm³/mol. The van der Waals surface area contributed by atoms with Gasteiger partial charge in [0.05, 0.1) is 5.41 Å². The van der Waals surface area contributed by atoms with Gasteiger partial charge >= 0.3 is 0 Å². The predicted octanol–water partition coefficient (Wildman–Crippen LogP) is 0.758. The van der Waals surface area contributed by atoms with Crippen LogP contribution in [0.15, 0.2) is 15.9 Å². The first kappa shape index (κ1) is 11.7. The topological polar surface area (TPSA) is 46.5 Å². The Morgan fingerprint density at radius 1 is 1.22 bits per heavy atom. The van der Waals surface area contributed by atoms with E-state index in [1.54, 1.807) is 0 Å². The summed E-state index contributed by atoms with van der Waals surface area (Å²) in [6.45, 7) is 0. The Morgan fingerprint density at radius 3 is 1.89 bits per heavy atom. The minimum Gasteiger partial charge on any atom is -0.200 e. The van der Waals surface area contributed by atoms with Crippen molar-refractivity contribution in [1.29, 1.82) is 0 Å². The third-order valence-electron chi connectivity index (χ3n) is 0.544. The monoisotopic (exact) mass is 189 g/mol. The van der Waals surface area contributed by atoms with Gasteiger partial charge in [-0.25, -0.2) is 0 Å². The van der Waals surface area contributed by atoms with E-state index >= 15 is 0 Å². The summed E-state index contributed by atoms with van der Waals surface area (Å²) in [4.78, 5) is 0. The van der Waals surface area contributed by atoms with E-state index in [-0.39, 0.29) is 24.8 Å². The second-order valence-electron chi connectivity index (χ2n) is 1.10. The van der Waals surface area contributed by atoms with E-state index in [1.165, 1.54) is 12.3 Å². The third kappa shape index (κ3) is 3.51. The minimum absolute atomic E-state index is 0. The van der Waals surface area contributed by atoms with Gasteiger partial charge in [0.25, 0.3) is 10.0 Å². The molecule has 0 aromatic heterocycles. The molecule has 0 aliphatic carbocycles. The van der Waals surface area contributed by atoms with Crippen LogP contribution in [0.3, 0.4) is 0 Å². The second-order valence-corrected chi connectivity index (χ2v) is 2.61. The Hall–Kier alpha value is -0.0600. The molecule has 0 atom stereocenters. The van der Waals surface area contributed by atoms with Gasteiger partial charge in [-0.05, 0) is 6.08 Å². The first-order chi connectivity index (χ1) is 3.21. The van der Waals surface area contributed by atoms with Gasteiger partial charge in [0.15, 0.2) is 0 Å². The van der Waals surface area contributed by atoms with Crippen molar-refractivity contribution in [3.63, 3.8) is 0 Å². The number of rotatable bonds is 0. The largest absolute Gasteiger partial charge is 0.275 e. The summed E-state index contributed by atoms with van der Waals surface area (Å²) < 4.78 is 23.4. The molecule has 3 nitrogen and oxygen atoms in total. The zero-order valence-corrected chi connectivity index (χ0v) is 6.67. The van der Waals surface area contributed by atoms with Crippen molar-refractivity contribution in [2.45, 2.75) is 0 Å². The molecule has 0 bridgehead atoms. The van der Waals surface area contributed by atoms with Gasteiger partial charge in [0.1, 0.15) is 0 Å². The lowest BCUT2D eigenvalue weighted by Crippen LogP contribution is -1.80.